The minimum Gasteiger partial charge on any atom is -0.467 e. The van der Waals surface area contributed by atoms with Crippen LogP contribution in [0.3, 0.4) is 0 Å². The predicted octanol–water partition coefficient (Wildman–Crippen LogP) is 3.48. The van der Waals surface area contributed by atoms with Crippen LogP contribution < -0.4 is 5.32 Å². The molecule has 0 fully saturated rings. The van der Waals surface area contributed by atoms with Gasteiger partial charge in [0, 0.05) is 49.4 Å². The molecule has 4 heterocycles. The van der Waals surface area contributed by atoms with Crippen LogP contribution in [0, 0.1) is 5.92 Å². The number of hydrogen-bond donors (Lipinski definition) is 1. The van der Waals surface area contributed by atoms with Crippen LogP contribution in [0.5, 0.6) is 0 Å². The standard InChI is InChI=1S/C20H23N3O2S/c24-20(21-11-18-5-2-8-25-18)10-16-12-22(15-19-6-3-9-26-19)14-17-4-1-7-23(17)13-16/h1-9,16H,10-15H2,(H,21,24). The summed E-state index contributed by atoms with van der Waals surface area (Å²) in [6, 6.07) is 12.3. The van der Waals surface area contributed by atoms with Gasteiger partial charge in [-0.2, -0.15) is 0 Å². The Morgan fingerprint density at radius 3 is 3.00 bits per heavy atom. The minimum absolute atomic E-state index is 0.0816. The van der Waals surface area contributed by atoms with Crippen molar-refractivity contribution in [2.45, 2.75) is 32.6 Å². The van der Waals surface area contributed by atoms with Crippen molar-refractivity contribution in [3.05, 3.63) is 70.6 Å². The first-order valence-electron chi connectivity index (χ1n) is 8.94. The van der Waals surface area contributed by atoms with Crippen molar-refractivity contribution in [3.63, 3.8) is 0 Å². The van der Waals surface area contributed by atoms with Crippen molar-refractivity contribution in [1.29, 1.82) is 0 Å². The molecule has 5 nitrogen and oxygen atoms in total. The van der Waals surface area contributed by atoms with E-state index in [0.29, 0.717) is 18.9 Å². The Balaban J connectivity index is 1.40. The first kappa shape index (κ1) is 17.1. The van der Waals surface area contributed by atoms with Crippen molar-refractivity contribution >= 4 is 17.2 Å². The van der Waals surface area contributed by atoms with E-state index in [2.05, 4.69) is 50.6 Å². The van der Waals surface area contributed by atoms with Crippen molar-refractivity contribution in [3.8, 4) is 0 Å². The average molecular weight is 369 g/mol. The SMILES string of the molecule is O=C(CC1CN(Cc2cccs2)Cc2cccn2C1)NCc1ccco1. The van der Waals surface area contributed by atoms with E-state index >= 15 is 0 Å². The summed E-state index contributed by atoms with van der Waals surface area (Å²) >= 11 is 1.79. The molecular formula is C20H23N3O2S. The quantitative estimate of drug-likeness (QED) is 0.724. The molecule has 1 unspecified atom stereocenters. The number of furan rings is 1. The van der Waals surface area contributed by atoms with E-state index < -0.39 is 0 Å². The topological polar surface area (TPSA) is 50.4 Å². The highest BCUT2D eigenvalue weighted by molar-refractivity contribution is 7.09. The van der Waals surface area contributed by atoms with Gasteiger partial charge in [-0.25, -0.2) is 0 Å². The molecule has 1 atom stereocenters. The lowest BCUT2D eigenvalue weighted by Gasteiger charge is -2.23. The predicted molar refractivity (Wildman–Crippen MR) is 102 cm³/mol. The number of fused-ring (bicyclic) bond motifs is 1. The zero-order valence-corrected chi connectivity index (χ0v) is 15.5. The molecule has 0 bridgehead atoms. The number of thiophene rings is 1. The molecule has 3 aromatic heterocycles. The van der Waals surface area contributed by atoms with Gasteiger partial charge in [0.25, 0.3) is 0 Å². The molecule has 0 saturated heterocycles. The number of nitrogens with one attached hydrogen (secondary N) is 1. The Morgan fingerprint density at radius 1 is 1.23 bits per heavy atom. The number of carbonyl (C=O) groups excluding carboxylic acids is 1. The monoisotopic (exact) mass is 369 g/mol. The van der Waals surface area contributed by atoms with E-state index in [1.54, 1.807) is 17.6 Å². The fourth-order valence-corrected chi connectivity index (χ4v) is 4.32. The fraction of sp³-hybridized carbons (Fsp3) is 0.350. The Morgan fingerprint density at radius 2 is 2.19 bits per heavy atom. The molecular weight excluding hydrogens is 346 g/mol. The summed E-state index contributed by atoms with van der Waals surface area (Å²) in [5.41, 5.74) is 1.32. The molecule has 3 aromatic rings. The maximum absolute atomic E-state index is 12.4. The van der Waals surface area contributed by atoms with Gasteiger partial charge in [-0.15, -0.1) is 11.3 Å². The second kappa shape index (κ2) is 7.93. The second-order valence-electron chi connectivity index (χ2n) is 6.83. The van der Waals surface area contributed by atoms with Gasteiger partial charge in [0.05, 0.1) is 12.8 Å². The third-order valence-corrected chi connectivity index (χ3v) is 5.62. The van der Waals surface area contributed by atoms with Crippen LogP contribution in [0.2, 0.25) is 0 Å². The molecule has 0 aliphatic carbocycles. The normalized spacial score (nSPS) is 17.6. The largest absolute Gasteiger partial charge is 0.467 e. The molecule has 0 aromatic carbocycles. The molecule has 136 valence electrons. The van der Waals surface area contributed by atoms with Crippen LogP contribution in [-0.2, 0) is 31.0 Å². The first-order chi connectivity index (χ1) is 12.8. The lowest BCUT2D eigenvalue weighted by Crippen LogP contribution is -2.32. The minimum atomic E-state index is 0.0816. The molecule has 6 heteroatoms. The molecule has 0 spiro atoms. The van der Waals surface area contributed by atoms with E-state index in [-0.39, 0.29) is 5.91 Å². The number of hydrogen-bond acceptors (Lipinski definition) is 4. The molecule has 0 radical (unpaired) electrons. The van der Waals surface area contributed by atoms with Crippen LogP contribution in [0.1, 0.15) is 22.8 Å². The highest BCUT2D eigenvalue weighted by Crippen LogP contribution is 2.22. The fourth-order valence-electron chi connectivity index (χ4n) is 3.57. The molecule has 1 amide bonds. The van der Waals surface area contributed by atoms with E-state index in [0.717, 1.165) is 31.9 Å². The maximum Gasteiger partial charge on any atom is 0.220 e. The van der Waals surface area contributed by atoms with Crippen molar-refractivity contribution in [2.24, 2.45) is 5.92 Å². The van der Waals surface area contributed by atoms with E-state index in [4.69, 9.17) is 4.42 Å². The lowest BCUT2D eigenvalue weighted by atomic mass is 10.0. The second-order valence-corrected chi connectivity index (χ2v) is 7.86. The smallest absolute Gasteiger partial charge is 0.220 e. The van der Waals surface area contributed by atoms with Crippen molar-refractivity contribution in [2.75, 3.05) is 6.54 Å². The van der Waals surface area contributed by atoms with Gasteiger partial charge in [-0.1, -0.05) is 6.07 Å². The van der Waals surface area contributed by atoms with Crippen LogP contribution in [0.4, 0.5) is 0 Å². The summed E-state index contributed by atoms with van der Waals surface area (Å²) in [5, 5.41) is 5.09. The van der Waals surface area contributed by atoms with Gasteiger partial charge in [-0.3, -0.25) is 9.69 Å². The van der Waals surface area contributed by atoms with E-state index in [9.17, 15) is 4.79 Å². The Labute approximate surface area is 157 Å². The van der Waals surface area contributed by atoms with Crippen molar-refractivity contribution < 1.29 is 9.21 Å². The Hall–Kier alpha value is -2.31. The molecule has 4 rings (SSSR count). The summed E-state index contributed by atoms with van der Waals surface area (Å²) in [7, 11) is 0. The van der Waals surface area contributed by atoms with Gasteiger partial charge in [0.15, 0.2) is 0 Å². The molecule has 26 heavy (non-hydrogen) atoms. The third-order valence-electron chi connectivity index (χ3n) is 4.75. The summed E-state index contributed by atoms with van der Waals surface area (Å²) in [6.45, 7) is 4.13. The van der Waals surface area contributed by atoms with Gasteiger partial charge >= 0.3 is 0 Å². The van der Waals surface area contributed by atoms with Crippen LogP contribution in [-0.4, -0.2) is 21.9 Å². The van der Waals surface area contributed by atoms with E-state index in [1.807, 2.05) is 12.1 Å². The first-order valence-corrected chi connectivity index (χ1v) is 9.82. The highest BCUT2D eigenvalue weighted by Gasteiger charge is 2.23. The lowest BCUT2D eigenvalue weighted by molar-refractivity contribution is -0.122. The van der Waals surface area contributed by atoms with Gasteiger partial charge in [0.1, 0.15) is 5.76 Å². The number of nitrogens with zero attached hydrogens (tertiary/aromatic N) is 2. The molecule has 1 aliphatic heterocycles. The zero-order chi connectivity index (χ0) is 17.8. The number of rotatable bonds is 6. The average Bonchev–Trinajstić information content (AvgIpc) is 3.36. The van der Waals surface area contributed by atoms with Crippen LogP contribution >= 0.6 is 11.3 Å². The van der Waals surface area contributed by atoms with Crippen LogP contribution in [0.15, 0.2) is 58.7 Å². The number of aromatic nitrogens is 1. The van der Waals surface area contributed by atoms with Crippen molar-refractivity contribution in [1.82, 2.24) is 14.8 Å². The zero-order valence-electron chi connectivity index (χ0n) is 14.6. The Bertz CT molecular complexity index is 823. The highest BCUT2D eigenvalue weighted by atomic mass is 32.1. The third kappa shape index (κ3) is 4.26. The molecule has 0 saturated carbocycles. The van der Waals surface area contributed by atoms with E-state index in [1.165, 1.54) is 10.6 Å². The van der Waals surface area contributed by atoms with Crippen LogP contribution in [0.25, 0.3) is 0 Å². The van der Waals surface area contributed by atoms with Gasteiger partial charge in [-0.05, 0) is 41.6 Å². The summed E-state index contributed by atoms with van der Waals surface area (Å²) in [6.07, 6.45) is 4.28. The van der Waals surface area contributed by atoms with Gasteiger partial charge in [0.2, 0.25) is 5.91 Å². The summed E-state index contributed by atoms with van der Waals surface area (Å²) in [4.78, 5) is 16.2. The number of carbonyl (C=O) groups is 1. The Kier molecular flexibility index (Phi) is 5.22. The van der Waals surface area contributed by atoms with Gasteiger partial charge < -0.3 is 14.3 Å². The summed E-state index contributed by atoms with van der Waals surface area (Å²) in [5.74, 6) is 1.16. The molecule has 1 N–H and O–H groups in total. The summed E-state index contributed by atoms with van der Waals surface area (Å²) < 4.78 is 7.57. The maximum atomic E-state index is 12.4. The molecule has 1 aliphatic rings. The number of amides is 1.